The van der Waals surface area contributed by atoms with E-state index in [1.165, 1.54) is 0 Å². The van der Waals surface area contributed by atoms with Gasteiger partial charge in [-0.3, -0.25) is 0 Å². The number of imidazole rings is 1. The standard InChI is InChI=1S/C20H17Cl2N3O2/c1-2-14-3-5-15(6-4-14)20(26)27-24-19(12-25-10-9-23-13-25)17-8-7-16(21)11-18(17)22/h3-11,13H,2,12H2,1H3/b24-19+. The lowest BCUT2D eigenvalue weighted by atomic mass is 10.1. The maximum atomic E-state index is 12.3. The molecular weight excluding hydrogens is 385 g/mol. The zero-order valence-electron chi connectivity index (χ0n) is 14.6. The van der Waals surface area contributed by atoms with Gasteiger partial charge in [-0.1, -0.05) is 47.4 Å². The molecule has 2 aromatic carbocycles. The van der Waals surface area contributed by atoms with E-state index in [1.807, 2.05) is 12.1 Å². The number of carbonyl (C=O) groups excluding carboxylic acids is 1. The molecule has 0 unspecified atom stereocenters. The number of carbonyl (C=O) groups is 1. The third-order valence-electron chi connectivity index (χ3n) is 3.97. The molecule has 1 aromatic heterocycles. The topological polar surface area (TPSA) is 56.5 Å². The van der Waals surface area contributed by atoms with Gasteiger partial charge in [0.25, 0.3) is 0 Å². The second-order valence-electron chi connectivity index (χ2n) is 5.83. The maximum absolute atomic E-state index is 12.3. The van der Waals surface area contributed by atoms with Gasteiger partial charge in [0, 0.05) is 23.0 Å². The first-order chi connectivity index (χ1) is 13.1. The number of hydrogen-bond donors (Lipinski definition) is 0. The molecule has 0 saturated heterocycles. The Morgan fingerprint density at radius 2 is 1.96 bits per heavy atom. The summed E-state index contributed by atoms with van der Waals surface area (Å²) in [6, 6.07) is 12.3. The lowest BCUT2D eigenvalue weighted by molar-refractivity contribution is 0.0515. The Hall–Kier alpha value is -2.63. The van der Waals surface area contributed by atoms with Crippen molar-refractivity contribution in [2.24, 2.45) is 5.16 Å². The van der Waals surface area contributed by atoms with Crippen molar-refractivity contribution in [2.45, 2.75) is 19.9 Å². The molecule has 7 heteroatoms. The molecule has 0 amide bonds. The zero-order valence-corrected chi connectivity index (χ0v) is 16.1. The Morgan fingerprint density at radius 3 is 2.59 bits per heavy atom. The van der Waals surface area contributed by atoms with Gasteiger partial charge in [-0.15, -0.1) is 0 Å². The summed E-state index contributed by atoms with van der Waals surface area (Å²) in [7, 11) is 0. The Morgan fingerprint density at radius 1 is 1.19 bits per heavy atom. The fourth-order valence-electron chi connectivity index (χ4n) is 2.47. The van der Waals surface area contributed by atoms with Crippen molar-refractivity contribution in [2.75, 3.05) is 0 Å². The number of nitrogens with zero attached hydrogens (tertiary/aromatic N) is 3. The van der Waals surface area contributed by atoms with Gasteiger partial charge in [0.15, 0.2) is 0 Å². The normalized spacial score (nSPS) is 11.4. The highest BCUT2D eigenvalue weighted by Gasteiger charge is 2.13. The number of hydrogen-bond acceptors (Lipinski definition) is 4. The van der Waals surface area contributed by atoms with Crippen molar-refractivity contribution >= 4 is 34.9 Å². The van der Waals surface area contributed by atoms with Crippen LogP contribution in [0.1, 0.15) is 28.4 Å². The van der Waals surface area contributed by atoms with Crippen LogP contribution in [0.4, 0.5) is 0 Å². The highest BCUT2D eigenvalue weighted by Crippen LogP contribution is 2.22. The van der Waals surface area contributed by atoms with E-state index in [0.29, 0.717) is 33.4 Å². The molecule has 3 rings (SSSR count). The van der Waals surface area contributed by atoms with Gasteiger partial charge >= 0.3 is 5.97 Å². The molecule has 0 N–H and O–H groups in total. The first-order valence-electron chi connectivity index (χ1n) is 8.35. The van der Waals surface area contributed by atoms with Gasteiger partial charge in [0.1, 0.15) is 5.71 Å². The smallest absolute Gasteiger partial charge is 0.331 e. The first-order valence-corrected chi connectivity index (χ1v) is 9.10. The van der Waals surface area contributed by atoms with Crippen LogP contribution in [0, 0.1) is 0 Å². The molecule has 27 heavy (non-hydrogen) atoms. The van der Waals surface area contributed by atoms with Crippen LogP contribution in [0.3, 0.4) is 0 Å². The molecule has 1 heterocycles. The van der Waals surface area contributed by atoms with Gasteiger partial charge in [-0.25, -0.2) is 9.78 Å². The van der Waals surface area contributed by atoms with Crippen LogP contribution in [0.5, 0.6) is 0 Å². The summed E-state index contributed by atoms with van der Waals surface area (Å²) in [5.74, 6) is -0.536. The first kappa shape index (κ1) is 19.1. The van der Waals surface area contributed by atoms with Crippen molar-refractivity contribution in [3.05, 3.63) is 87.9 Å². The van der Waals surface area contributed by atoms with Crippen LogP contribution in [0.25, 0.3) is 0 Å². The summed E-state index contributed by atoms with van der Waals surface area (Å²) in [6.07, 6.45) is 5.98. The molecule has 0 spiro atoms. The van der Waals surface area contributed by atoms with E-state index in [0.717, 1.165) is 12.0 Å². The number of oxime groups is 1. The number of rotatable bonds is 6. The Kier molecular flexibility index (Phi) is 6.27. The maximum Gasteiger partial charge on any atom is 0.365 e. The van der Waals surface area contributed by atoms with Gasteiger partial charge in [0.05, 0.1) is 23.5 Å². The third kappa shape index (κ3) is 4.96. The van der Waals surface area contributed by atoms with Crippen molar-refractivity contribution in [3.63, 3.8) is 0 Å². The molecule has 138 valence electrons. The largest absolute Gasteiger partial charge is 0.365 e. The molecule has 0 aliphatic rings. The number of aryl methyl sites for hydroxylation is 1. The van der Waals surface area contributed by atoms with Crippen LogP contribution in [0.2, 0.25) is 10.0 Å². The summed E-state index contributed by atoms with van der Waals surface area (Å²) in [6.45, 7) is 2.39. The molecule has 5 nitrogen and oxygen atoms in total. The molecule has 0 aliphatic heterocycles. The van der Waals surface area contributed by atoms with Crippen LogP contribution in [-0.2, 0) is 17.8 Å². The molecule has 3 aromatic rings. The average molecular weight is 402 g/mol. The van der Waals surface area contributed by atoms with Crippen molar-refractivity contribution in [1.82, 2.24) is 9.55 Å². The second-order valence-corrected chi connectivity index (χ2v) is 6.67. The zero-order chi connectivity index (χ0) is 19.2. The molecule has 0 atom stereocenters. The van der Waals surface area contributed by atoms with E-state index in [1.54, 1.807) is 53.6 Å². The second kappa shape index (κ2) is 8.84. The van der Waals surface area contributed by atoms with Gasteiger partial charge in [-0.05, 0) is 42.3 Å². The highest BCUT2D eigenvalue weighted by atomic mass is 35.5. The van der Waals surface area contributed by atoms with E-state index in [4.69, 9.17) is 28.0 Å². The summed E-state index contributed by atoms with van der Waals surface area (Å²) in [4.78, 5) is 21.5. The molecule has 0 radical (unpaired) electrons. The van der Waals surface area contributed by atoms with E-state index in [-0.39, 0.29) is 0 Å². The summed E-state index contributed by atoms with van der Waals surface area (Å²) in [5.41, 5.74) is 2.68. The molecule has 0 saturated carbocycles. The van der Waals surface area contributed by atoms with Gasteiger partial charge in [-0.2, -0.15) is 0 Å². The third-order valence-corrected chi connectivity index (χ3v) is 4.52. The van der Waals surface area contributed by atoms with Crippen LogP contribution in [-0.4, -0.2) is 21.2 Å². The van der Waals surface area contributed by atoms with E-state index < -0.39 is 5.97 Å². The number of benzene rings is 2. The van der Waals surface area contributed by atoms with Gasteiger partial charge < -0.3 is 9.40 Å². The Labute approximate surface area is 167 Å². The summed E-state index contributed by atoms with van der Waals surface area (Å²) >= 11 is 12.3. The minimum Gasteiger partial charge on any atom is -0.331 e. The van der Waals surface area contributed by atoms with E-state index >= 15 is 0 Å². The number of halogens is 2. The van der Waals surface area contributed by atoms with Crippen molar-refractivity contribution in [1.29, 1.82) is 0 Å². The highest BCUT2D eigenvalue weighted by molar-refractivity contribution is 6.37. The summed E-state index contributed by atoms with van der Waals surface area (Å²) < 4.78 is 1.80. The quantitative estimate of drug-likeness (QED) is 0.331. The minimum absolute atomic E-state index is 0.337. The van der Waals surface area contributed by atoms with Crippen LogP contribution >= 0.6 is 23.2 Å². The predicted molar refractivity (Wildman–Crippen MR) is 106 cm³/mol. The van der Waals surface area contributed by atoms with Crippen molar-refractivity contribution in [3.8, 4) is 0 Å². The van der Waals surface area contributed by atoms with Gasteiger partial charge in [0.2, 0.25) is 0 Å². The Balaban J connectivity index is 1.85. The molecule has 0 fully saturated rings. The molecule has 0 bridgehead atoms. The average Bonchev–Trinajstić information content (AvgIpc) is 3.18. The molecule has 0 aliphatic carbocycles. The Bertz CT molecular complexity index is 952. The fourth-order valence-corrected chi connectivity index (χ4v) is 2.98. The lowest BCUT2D eigenvalue weighted by Gasteiger charge is -2.09. The SMILES string of the molecule is CCc1ccc(C(=O)O/N=C(\Cn2ccnc2)c2ccc(Cl)cc2Cl)cc1. The predicted octanol–water partition coefficient (Wildman–Crippen LogP) is 5.01. The van der Waals surface area contributed by atoms with E-state index in [2.05, 4.69) is 17.1 Å². The monoisotopic (exact) mass is 401 g/mol. The van der Waals surface area contributed by atoms with E-state index in [9.17, 15) is 4.79 Å². The number of aromatic nitrogens is 2. The van der Waals surface area contributed by atoms with Crippen LogP contribution < -0.4 is 0 Å². The van der Waals surface area contributed by atoms with Crippen molar-refractivity contribution < 1.29 is 9.63 Å². The fraction of sp³-hybridized carbons (Fsp3) is 0.150. The summed E-state index contributed by atoms with van der Waals surface area (Å²) in [5, 5.41) is 5.00. The minimum atomic E-state index is -0.536. The van der Waals surface area contributed by atoms with Crippen LogP contribution in [0.15, 0.2) is 66.3 Å². The molecular formula is C20H17Cl2N3O2. The lowest BCUT2D eigenvalue weighted by Crippen LogP contribution is -2.13.